The smallest absolute Gasteiger partial charge is 0.235 e. The first-order chi connectivity index (χ1) is 11.1. The summed E-state index contributed by atoms with van der Waals surface area (Å²) in [5, 5.41) is 2.99. The molecule has 2 aromatic carbocycles. The summed E-state index contributed by atoms with van der Waals surface area (Å²) >= 11 is 0. The summed E-state index contributed by atoms with van der Waals surface area (Å²) in [6, 6.07) is 11.3. The van der Waals surface area contributed by atoms with E-state index in [1.165, 1.54) is 0 Å². The van der Waals surface area contributed by atoms with Gasteiger partial charge in [0.25, 0.3) is 0 Å². The first-order valence-corrected chi connectivity index (χ1v) is 7.66. The quantitative estimate of drug-likeness (QED) is 0.886. The number of ether oxygens (including phenoxy) is 2. The van der Waals surface area contributed by atoms with Crippen LogP contribution in [0, 0.1) is 6.92 Å². The third-order valence-corrected chi connectivity index (χ3v) is 4.65. The Morgan fingerprint density at radius 3 is 2.70 bits per heavy atom. The van der Waals surface area contributed by atoms with Crippen LogP contribution in [0.15, 0.2) is 36.4 Å². The molecule has 0 bridgehead atoms. The van der Waals surface area contributed by atoms with Crippen LogP contribution in [0.1, 0.15) is 25.4 Å². The zero-order valence-corrected chi connectivity index (χ0v) is 12.9. The van der Waals surface area contributed by atoms with Crippen LogP contribution in [0.2, 0.25) is 0 Å². The summed E-state index contributed by atoms with van der Waals surface area (Å²) in [6.07, 6.45) is 1.67. The van der Waals surface area contributed by atoms with E-state index in [1.54, 1.807) is 6.07 Å². The molecule has 1 fully saturated rings. The minimum absolute atomic E-state index is 0. The average molecular weight is 307 g/mol. The van der Waals surface area contributed by atoms with Gasteiger partial charge in [0.2, 0.25) is 12.7 Å². The van der Waals surface area contributed by atoms with Gasteiger partial charge in [0.15, 0.2) is 11.5 Å². The maximum absolute atomic E-state index is 12.8. The fourth-order valence-corrected chi connectivity index (χ4v) is 2.94. The monoisotopic (exact) mass is 307 g/mol. The van der Waals surface area contributed by atoms with Gasteiger partial charge < -0.3 is 14.8 Å². The maximum atomic E-state index is 12.8. The van der Waals surface area contributed by atoms with E-state index < -0.39 is 5.41 Å². The number of rotatable bonds is 3. The van der Waals surface area contributed by atoms with E-state index in [4.69, 9.17) is 17.3 Å². The van der Waals surface area contributed by atoms with Crippen LogP contribution in [-0.2, 0) is 10.2 Å². The van der Waals surface area contributed by atoms with E-state index in [0.29, 0.717) is 11.2 Å². The summed E-state index contributed by atoms with van der Waals surface area (Å²) in [5.74, 6) is 1.44. The van der Waals surface area contributed by atoms with E-state index in [9.17, 15) is 4.79 Å². The second kappa shape index (κ2) is 5.05. The van der Waals surface area contributed by atoms with Crippen molar-refractivity contribution in [3.63, 3.8) is 0 Å². The van der Waals surface area contributed by atoms with Crippen molar-refractivity contribution in [1.29, 1.82) is 0 Å². The van der Waals surface area contributed by atoms with Crippen LogP contribution >= 0.6 is 0 Å². The third kappa shape index (κ3) is 2.36. The zero-order valence-electron chi connectivity index (χ0n) is 12.9. The summed E-state index contributed by atoms with van der Waals surface area (Å²) in [7, 11) is 5.91. The molecule has 0 saturated heterocycles. The molecule has 2 aromatic rings. The maximum Gasteiger partial charge on any atom is 0.235 e. The third-order valence-electron chi connectivity index (χ3n) is 4.65. The number of anilines is 1. The Bertz CT molecular complexity index is 805. The van der Waals surface area contributed by atoms with Gasteiger partial charge in [-0.3, -0.25) is 4.79 Å². The van der Waals surface area contributed by atoms with Crippen LogP contribution in [-0.4, -0.2) is 20.5 Å². The van der Waals surface area contributed by atoms with Crippen LogP contribution < -0.4 is 20.3 Å². The van der Waals surface area contributed by atoms with Gasteiger partial charge in [-0.05, 0) is 49.6 Å². The standard InChI is InChI=1S/C18H16BNO3.H2/c1-11-2-4-13(9-14(11)19)20-17(21)18(6-7-18)12-3-5-15-16(8-12)23-10-22-15;/h2-5,8-9H,6-7,10H2,1H3,(H,20,21);1H. The lowest BCUT2D eigenvalue weighted by molar-refractivity contribution is -0.118. The van der Waals surface area contributed by atoms with Gasteiger partial charge in [0.1, 0.15) is 7.85 Å². The molecule has 0 aromatic heterocycles. The molecule has 23 heavy (non-hydrogen) atoms. The Hall–Kier alpha value is -2.43. The Morgan fingerprint density at radius 2 is 1.96 bits per heavy atom. The molecule has 2 radical (unpaired) electrons. The number of fused-ring (bicyclic) bond motifs is 1. The number of carbonyl (C=O) groups is 1. The normalized spacial score (nSPS) is 16.9. The van der Waals surface area contributed by atoms with Gasteiger partial charge in [-0.1, -0.05) is 23.2 Å². The molecule has 1 N–H and O–H groups in total. The Labute approximate surface area is 137 Å². The van der Waals surface area contributed by atoms with Gasteiger partial charge in [0.05, 0.1) is 5.41 Å². The molecule has 1 aliphatic heterocycles. The summed E-state index contributed by atoms with van der Waals surface area (Å²) in [5.41, 5.74) is 2.90. The molecule has 0 unspecified atom stereocenters. The Kier molecular flexibility index (Phi) is 3.11. The lowest BCUT2D eigenvalue weighted by atomic mass is 9.90. The van der Waals surface area contributed by atoms with Gasteiger partial charge in [-0.15, -0.1) is 0 Å². The van der Waals surface area contributed by atoms with E-state index in [0.717, 1.165) is 35.4 Å². The molecule has 4 nitrogen and oxygen atoms in total. The van der Waals surface area contributed by atoms with E-state index in [2.05, 4.69) is 5.32 Å². The molecule has 5 heteroatoms. The van der Waals surface area contributed by atoms with Crippen molar-refractivity contribution in [3.05, 3.63) is 47.5 Å². The summed E-state index contributed by atoms with van der Waals surface area (Å²) < 4.78 is 10.7. The number of amides is 1. The fourth-order valence-electron chi connectivity index (χ4n) is 2.94. The molecule has 4 rings (SSSR count). The second-order valence-electron chi connectivity index (χ2n) is 6.18. The van der Waals surface area contributed by atoms with Gasteiger partial charge >= 0.3 is 0 Å². The number of carbonyl (C=O) groups excluding carboxylic acids is 1. The number of hydrogen-bond donors (Lipinski definition) is 1. The summed E-state index contributed by atoms with van der Waals surface area (Å²) in [4.78, 5) is 12.8. The van der Waals surface area contributed by atoms with E-state index in [1.807, 2.05) is 37.3 Å². The minimum atomic E-state index is -0.472. The van der Waals surface area contributed by atoms with Crippen molar-refractivity contribution in [2.75, 3.05) is 12.1 Å². The molecular formula is C18H18BNO3. The molecule has 1 aliphatic carbocycles. The fraction of sp³-hybridized carbons (Fsp3) is 0.278. The highest BCUT2D eigenvalue weighted by molar-refractivity contribution is 6.33. The van der Waals surface area contributed by atoms with E-state index in [-0.39, 0.29) is 14.1 Å². The van der Waals surface area contributed by atoms with Crippen molar-refractivity contribution >= 4 is 24.9 Å². The van der Waals surface area contributed by atoms with Crippen molar-refractivity contribution in [3.8, 4) is 11.5 Å². The van der Waals surface area contributed by atoms with Crippen molar-refractivity contribution in [2.45, 2.75) is 25.2 Å². The van der Waals surface area contributed by atoms with Crippen LogP contribution in [0.3, 0.4) is 0 Å². The zero-order chi connectivity index (χ0) is 16.0. The van der Waals surface area contributed by atoms with Gasteiger partial charge in [-0.25, -0.2) is 0 Å². The molecule has 1 heterocycles. The van der Waals surface area contributed by atoms with Gasteiger partial charge in [-0.2, -0.15) is 0 Å². The molecule has 2 aliphatic rings. The van der Waals surface area contributed by atoms with E-state index >= 15 is 0 Å². The first kappa shape index (κ1) is 14.2. The topological polar surface area (TPSA) is 47.6 Å². The molecule has 116 valence electrons. The Morgan fingerprint density at radius 1 is 1.17 bits per heavy atom. The first-order valence-electron chi connectivity index (χ1n) is 7.66. The predicted octanol–water partition coefficient (Wildman–Crippen LogP) is 2.43. The lowest BCUT2D eigenvalue weighted by Gasteiger charge is -2.17. The van der Waals surface area contributed by atoms with Gasteiger partial charge in [0, 0.05) is 7.11 Å². The molecular weight excluding hydrogens is 289 g/mol. The minimum Gasteiger partial charge on any atom is -0.454 e. The number of hydrogen-bond acceptors (Lipinski definition) is 3. The van der Waals surface area contributed by atoms with Crippen molar-refractivity contribution in [2.24, 2.45) is 0 Å². The highest BCUT2D eigenvalue weighted by Gasteiger charge is 2.51. The number of nitrogens with one attached hydrogen (secondary N) is 1. The molecule has 1 saturated carbocycles. The molecule has 1 amide bonds. The van der Waals surface area contributed by atoms with Crippen molar-refractivity contribution in [1.82, 2.24) is 0 Å². The largest absolute Gasteiger partial charge is 0.454 e. The Balaban J connectivity index is 0.00000169. The highest BCUT2D eigenvalue weighted by Crippen LogP contribution is 2.51. The van der Waals surface area contributed by atoms with Crippen LogP contribution in [0.25, 0.3) is 0 Å². The second-order valence-corrected chi connectivity index (χ2v) is 6.18. The van der Waals surface area contributed by atoms with Crippen molar-refractivity contribution < 1.29 is 15.7 Å². The predicted molar refractivity (Wildman–Crippen MR) is 90.8 cm³/mol. The number of aryl methyl sites for hydroxylation is 1. The highest BCUT2D eigenvalue weighted by atomic mass is 16.7. The summed E-state index contributed by atoms with van der Waals surface area (Å²) in [6.45, 7) is 2.18. The SMILES string of the molecule is [B]c1cc(NC(=O)C2(c3ccc4c(c3)OCO4)CC2)ccc1C.[HH]. The molecule has 0 atom stereocenters. The number of benzene rings is 2. The van der Waals surface area contributed by atoms with Crippen LogP contribution in [0.5, 0.6) is 11.5 Å². The van der Waals surface area contributed by atoms with Crippen LogP contribution in [0.4, 0.5) is 5.69 Å². The average Bonchev–Trinajstić information content (AvgIpc) is 3.22. The lowest BCUT2D eigenvalue weighted by Crippen LogP contribution is -2.28. The molecule has 0 spiro atoms.